The first-order chi connectivity index (χ1) is 16.0. The Bertz CT molecular complexity index is 1170. The Morgan fingerprint density at radius 3 is 2.61 bits per heavy atom. The monoisotopic (exact) mass is 446 g/mol. The van der Waals surface area contributed by atoms with Gasteiger partial charge in [0.2, 0.25) is 0 Å². The largest absolute Gasteiger partial charge is 0.496 e. The second-order valence-corrected chi connectivity index (χ2v) is 7.92. The molecular weight excluding hydrogens is 419 g/mol. The number of carbonyl (C=O) groups is 1. The van der Waals surface area contributed by atoms with Gasteiger partial charge in [-0.15, -0.1) is 0 Å². The van der Waals surface area contributed by atoms with Crippen LogP contribution in [0.5, 0.6) is 5.75 Å². The van der Waals surface area contributed by atoms with Crippen molar-refractivity contribution < 1.29 is 13.9 Å². The Balaban J connectivity index is 1.53. The van der Waals surface area contributed by atoms with Gasteiger partial charge in [-0.1, -0.05) is 12.6 Å². The molecule has 1 saturated heterocycles. The standard InChI is InChI=1S/C26H27FN4O2/c1-17-16-29-23(25-22(27)5-4-6-24(25)33-3)15-21(17)18(2)30-26(32)19-7-9-20(10-8-19)31-13-11-28-12-14-31/h4-10,15-16,28H,2,11-14H2,1,3H3,(H,30,32). The zero-order valence-electron chi connectivity index (χ0n) is 18.8. The number of aryl methyl sites for hydroxylation is 1. The highest BCUT2D eigenvalue weighted by atomic mass is 19.1. The van der Waals surface area contributed by atoms with Crippen molar-refractivity contribution in [3.05, 3.63) is 83.8 Å². The highest BCUT2D eigenvalue weighted by Gasteiger charge is 2.17. The number of nitrogens with zero attached hydrogens (tertiary/aromatic N) is 2. The number of amides is 1. The van der Waals surface area contributed by atoms with Crippen molar-refractivity contribution in [3.8, 4) is 17.0 Å². The SMILES string of the molecule is C=C(NC(=O)c1ccc(N2CCNCC2)cc1)c1cc(-c2c(F)cccc2OC)ncc1C. The van der Waals surface area contributed by atoms with E-state index in [-0.39, 0.29) is 11.5 Å². The fourth-order valence-electron chi connectivity index (χ4n) is 3.93. The third-order valence-corrected chi connectivity index (χ3v) is 5.76. The summed E-state index contributed by atoms with van der Waals surface area (Å²) in [7, 11) is 1.49. The van der Waals surface area contributed by atoms with Crippen molar-refractivity contribution in [2.45, 2.75) is 6.92 Å². The van der Waals surface area contributed by atoms with Crippen LogP contribution < -0.4 is 20.3 Å². The average molecular weight is 447 g/mol. The van der Waals surface area contributed by atoms with Gasteiger partial charge in [-0.05, 0) is 55.0 Å². The third kappa shape index (κ3) is 4.88. The topological polar surface area (TPSA) is 66.5 Å². The number of ether oxygens (including phenoxy) is 1. The molecule has 4 rings (SSSR count). The number of rotatable bonds is 6. The Labute approximate surface area is 193 Å². The van der Waals surface area contributed by atoms with Gasteiger partial charge < -0.3 is 20.3 Å². The second kappa shape index (κ2) is 9.83. The van der Waals surface area contributed by atoms with Gasteiger partial charge in [-0.3, -0.25) is 9.78 Å². The van der Waals surface area contributed by atoms with Crippen molar-refractivity contribution >= 4 is 17.3 Å². The summed E-state index contributed by atoms with van der Waals surface area (Å²) in [6, 6.07) is 13.9. The maximum Gasteiger partial charge on any atom is 0.255 e. The van der Waals surface area contributed by atoms with Gasteiger partial charge in [0.25, 0.3) is 5.91 Å². The van der Waals surface area contributed by atoms with Crippen molar-refractivity contribution in [2.75, 3.05) is 38.2 Å². The smallest absolute Gasteiger partial charge is 0.255 e. The molecule has 0 unspecified atom stereocenters. The van der Waals surface area contributed by atoms with E-state index in [1.807, 2.05) is 31.2 Å². The molecule has 1 fully saturated rings. The molecule has 1 aromatic heterocycles. The van der Waals surface area contributed by atoms with Crippen LogP contribution in [0, 0.1) is 12.7 Å². The molecule has 2 aromatic carbocycles. The lowest BCUT2D eigenvalue weighted by Gasteiger charge is -2.29. The molecule has 2 heterocycles. The van der Waals surface area contributed by atoms with E-state index in [0.29, 0.717) is 28.3 Å². The molecule has 3 aromatic rings. The van der Waals surface area contributed by atoms with Gasteiger partial charge >= 0.3 is 0 Å². The Morgan fingerprint density at radius 1 is 1.18 bits per heavy atom. The molecule has 6 nitrogen and oxygen atoms in total. The molecule has 170 valence electrons. The molecule has 0 spiro atoms. The summed E-state index contributed by atoms with van der Waals surface area (Å²) in [6.07, 6.45) is 1.64. The van der Waals surface area contributed by atoms with E-state index in [1.54, 1.807) is 24.4 Å². The van der Waals surface area contributed by atoms with Gasteiger partial charge in [0.05, 0.1) is 18.4 Å². The molecule has 1 aliphatic rings. The Morgan fingerprint density at radius 2 is 1.91 bits per heavy atom. The molecule has 1 aliphatic heterocycles. The van der Waals surface area contributed by atoms with Crippen LogP contribution in [0.2, 0.25) is 0 Å². The Hall–Kier alpha value is -3.71. The quantitative estimate of drug-likeness (QED) is 0.599. The van der Waals surface area contributed by atoms with Gasteiger partial charge in [0.1, 0.15) is 11.6 Å². The predicted octanol–water partition coefficient (Wildman–Crippen LogP) is 4.02. The summed E-state index contributed by atoms with van der Waals surface area (Å²) in [5.41, 5.74) is 4.22. The lowest BCUT2D eigenvalue weighted by molar-refractivity contribution is 0.0974. The molecule has 0 bridgehead atoms. The number of carbonyl (C=O) groups excluding carboxylic acids is 1. The summed E-state index contributed by atoms with van der Waals surface area (Å²) < 4.78 is 19.8. The number of halogens is 1. The van der Waals surface area contributed by atoms with Crippen LogP contribution in [0.15, 0.2) is 61.3 Å². The van der Waals surface area contributed by atoms with Gasteiger partial charge in [-0.25, -0.2) is 4.39 Å². The van der Waals surface area contributed by atoms with E-state index >= 15 is 0 Å². The van der Waals surface area contributed by atoms with E-state index in [2.05, 4.69) is 27.1 Å². The number of methoxy groups -OCH3 is 1. The number of nitrogens with one attached hydrogen (secondary N) is 2. The van der Waals surface area contributed by atoms with E-state index in [9.17, 15) is 9.18 Å². The van der Waals surface area contributed by atoms with Crippen LogP contribution in [0.1, 0.15) is 21.5 Å². The minimum Gasteiger partial charge on any atom is -0.496 e. The molecule has 0 saturated carbocycles. The highest BCUT2D eigenvalue weighted by Crippen LogP contribution is 2.33. The number of aromatic nitrogens is 1. The van der Waals surface area contributed by atoms with Crippen molar-refractivity contribution in [1.29, 1.82) is 0 Å². The van der Waals surface area contributed by atoms with Crippen LogP contribution in [-0.2, 0) is 0 Å². The first kappa shape index (κ1) is 22.5. The summed E-state index contributed by atoms with van der Waals surface area (Å²) in [6.45, 7) is 9.70. The van der Waals surface area contributed by atoms with Crippen molar-refractivity contribution in [3.63, 3.8) is 0 Å². The summed E-state index contributed by atoms with van der Waals surface area (Å²) in [5.74, 6) is -0.305. The number of hydrogen-bond acceptors (Lipinski definition) is 5. The summed E-state index contributed by atoms with van der Waals surface area (Å²) in [5, 5.41) is 6.20. The van der Waals surface area contributed by atoms with Crippen molar-refractivity contribution in [2.24, 2.45) is 0 Å². The molecule has 0 atom stereocenters. The van der Waals surface area contributed by atoms with Gasteiger partial charge in [0, 0.05) is 54.9 Å². The Kier molecular flexibility index (Phi) is 6.70. The first-order valence-corrected chi connectivity index (χ1v) is 10.8. The van der Waals surface area contributed by atoms with Crippen LogP contribution in [-0.4, -0.2) is 44.2 Å². The molecule has 0 aliphatic carbocycles. The molecule has 7 heteroatoms. The minimum atomic E-state index is -0.434. The third-order valence-electron chi connectivity index (χ3n) is 5.76. The summed E-state index contributed by atoms with van der Waals surface area (Å²) in [4.78, 5) is 19.5. The molecule has 2 N–H and O–H groups in total. The number of pyridine rings is 1. The number of benzene rings is 2. The predicted molar refractivity (Wildman–Crippen MR) is 129 cm³/mol. The van der Waals surface area contributed by atoms with Crippen LogP contribution in [0.4, 0.5) is 10.1 Å². The van der Waals surface area contributed by atoms with Gasteiger partial charge in [0.15, 0.2) is 0 Å². The maximum absolute atomic E-state index is 14.5. The molecule has 0 radical (unpaired) electrons. The molecular formula is C26H27FN4O2. The summed E-state index contributed by atoms with van der Waals surface area (Å²) >= 11 is 0. The van der Waals surface area contributed by atoms with Gasteiger partial charge in [-0.2, -0.15) is 0 Å². The number of hydrogen-bond donors (Lipinski definition) is 2. The zero-order chi connectivity index (χ0) is 23.4. The fourth-order valence-corrected chi connectivity index (χ4v) is 3.93. The van der Waals surface area contributed by atoms with E-state index in [1.165, 1.54) is 13.2 Å². The van der Waals surface area contributed by atoms with Crippen LogP contribution in [0.3, 0.4) is 0 Å². The first-order valence-electron chi connectivity index (χ1n) is 10.8. The second-order valence-electron chi connectivity index (χ2n) is 7.92. The van der Waals surface area contributed by atoms with Crippen molar-refractivity contribution in [1.82, 2.24) is 15.6 Å². The number of piperazine rings is 1. The number of anilines is 1. The van der Waals surface area contributed by atoms with E-state index in [4.69, 9.17) is 4.74 Å². The highest BCUT2D eigenvalue weighted by molar-refractivity contribution is 5.99. The average Bonchev–Trinajstić information content (AvgIpc) is 2.85. The van der Waals surface area contributed by atoms with Crippen LogP contribution in [0.25, 0.3) is 17.0 Å². The normalized spacial score (nSPS) is 13.5. The zero-order valence-corrected chi connectivity index (χ0v) is 18.8. The minimum absolute atomic E-state index is 0.256. The maximum atomic E-state index is 14.5. The fraction of sp³-hybridized carbons (Fsp3) is 0.231. The molecule has 1 amide bonds. The van der Waals surface area contributed by atoms with Crippen LogP contribution >= 0.6 is 0 Å². The lowest BCUT2D eigenvalue weighted by atomic mass is 10.0. The molecule has 33 heavy (non-hydrogen) atoms. The van der Waals surface area contributed by atoms with E-state index < -0.39 is 5.82 Å². The van der Waals surface area contributed by atoms with E-state index in [0.717, 1.165) is 37.4 Å². The lowest BCUT2D eigenvalue weighted by Crippen LogP contribution is -2.43.